The average Bonchev–Trinajstić information content (AvgIpc) is 2.18. The van der Waals surface area contributed by atoms with E-state index < -0.39 is 25.1 Å². The van der Waals surface area contributed by atoms with E-state index in [1.165, 1.54) is 4.90 Å². The maximum atomic E-state index is 11.0. The van der Waals surface area contributed by atoms with Crippen LogP contribution >= 0.6 is 0 Å². The summed E-state index contributed by atoms with van der Waals surface area (Å²) in [4.78, 5) is 13.8. The van der Waals surface area contributed by atoms with Gasteiger partial charge in [-0.1, -0.05) is 0 Å². The quantitative estimate of drug-likeness (QED) is 0.439. The normalized spacial score (nSPS) is 28.4. The van der Waals surface area contributed by atoms with E-state index in [1.807, 2.05) is 0 Å². The molecule has 1 heterocycles. The van der Waals surface area contributed by atoms with Crippen LogP contribution in [0.2, 0.25) is 6.82 Å². The summed E-state index contributed by atoms with van der Waals surface area (Å²) >= 11 is 0. The molecule has 88 valence electrons. The molecule has 1 aliphatic rings. The van der Waals surface area contributed by atoms with Crippen LogP contribution in [0.1, 0.15) is 0 Å². The Morgan fingerprint density at radius 3 is 2.38 bits per heavy atom. The van der Waals surface area contributed by atoms with Crippen molar-refractivity contribution in [3.8, 4) is 0 Å². The summed E-state index contributed by atoms with van der Waals surface area (Å²) in [7, 11) is 4.39. The predicted octanol–water partition coefficient (Wildman–Crippen LogP) is -2.28. The molecule has 1 saturated heterocycles. The van der Waals surface area contributed by atoms with Crippen molar-refractivity contribution in [2.45, 2.75) is 19.0 Å². The molecule has 6 nitrogen and oxygen atoms in total. The van der Waals surface area contributed by atoms with E-state index in [0.717, 1.165) is 0 Å². The monoisotopic (exact) mass is 226 g/mol. The molecule has 2 atom stereocenters. The first-order valence-electron chi connectivity index (χ1n) is 5.24. The Bertz CT molecular complexity index is 254. The number of carbonyl (C=O) groups excluding carboxylic acids is 1. The third kappa shape index (κ3) is 3.48. The van der Waals surface area contributed by atoms with Crippen LogP contribution in [-0.2, 0) is 0 Å². The highest BCUT2D eigenvalue weighted by Crippen LogP contribution is 2.07. The van der Waals surface area contributed by atoms with E-state index in [1.54, 1.807) is 11.6 Å². The molecule has 0 spiro atoms. The van der Waals surface area contributed by atoms with E-state index >= 15 is 0 Å². The number of rotatable bonds is 1. The molecule has 1 fully saturated rings. The molecule has 1 rings (SSSR count). The first-order valence-corrected chi connectivity index (χ1v) is 5.24. The minimum atomic E-state index is -1.05. The number of β-amino-alcohol motifs (C(OH)–C–C–N with tert-alkyl or cyclic N) is 2. The van der Waals surface area contributed by atoms with Gasteiger partial charge in [0.25, 0.3) is 0 Å². The van der Waals surface area contributed by atoms with Gasteiger partial charge in [0.15, 0.2) is 5.81 Å². The maximum absolute atomic E-state index is 11.0. The zero-order chi connectivity index (χ0) is 12.3. The van der Waals surface area contributed by atoms with E-state index in [0.29, 0.717) is 13.1 Å². The topological polar surface area (TPSA) is 84.2 Å². The van der Waals surface area contributed by atoms with Crippen molar-refractivity contribution in [3.05, 3.63) is 0 Å². The predicted molar refractivity (Wildman–Crippen MR) is 60.1 cm³/mol. The molecule has 2 radical (unpaired) electrons. The number of amides is 1. The minimum absolute atomic E-state index is 0.0180. The molecule has 3 N–H and O–H groups in total. The number of hydrogen-bond donors (Lipinski definition) is 3. The number of aliphatic hydroxyl groups is 2. The highest BCUT2D eigenvalue weighted by molar-refractivity contribution is 6.56. The number of hydrogen-bond acceptors (Lipinski definition) is 5. The zero-order valence-corrected chi connectivity index (χ0v) is 9.28. The van der Waals surface area contributed by atoms with Crippen molar-refractivity contribution in [1.29, 1.82) is 0 Å². The van der Waals surface area contributed by atoms with Crippen LogP contribution in [0.3, 0.4) is 0 Å². The van der Waals surface area contributed by atoms with Gasteiger partial charge in [0, 0.05) is 26.2 Å². The van der Waals surface area contributed by atoms with Crippen LogP contribution in [0.25, 0.3) is 0 Å². The highest BCUT2D eigenvalue weighted by atomic mass is 16.3. The van der Waals surface area contributed by atoms with Gasteiger partial charge >= 0.3 is 7.05 Å². The first kappa shape index (κ1) is 13.5. The Balaban J connectivity index is 2.70. The summed E-state index contributed by atoms with van der Waals surface area (Å²) in [5.41, 5.74) is 0. The molecule has 0 unspecified atom stereocenters. The van der Waals surface area contributed by atoms with Crippen molar-refractivity contribution in [1.82, 2.24) is 9.71 Å². The summed E-state index contributed by atoms with van der Waals surface area (Å²) in [6.07, 6.45) is -2.05. The van der Waals surface area contributed by atoms with Gasteiger partial charge in [-0.2, -0.15) is 0 Å². The van der Waals surface area contributed by atoms with E-state index in [4.69, 9.17) is 7.85 Å². The minimum Gasteiger partial charge on any atom is -0.437 e. The summed E-state index contributed by atoms with van der Waals surface area (Å²) in [6.45, 7) is 2.49. The lowest BCUT2D eigenvalue weighted by Crippen LogP contribution is -2.55. The standard InChI is InChI=1S/C8H16B2N2O4/c1-10(16)12-3-2-11(8(9)15)4-6(13)7(14)5-12/h6-7,13-14,16H,2-5H2,1H3/t6-,7-/m0/s1. The SMILES string of the molecule is [B]C(=O)N1CCN(B(C)O)C[C@H](O)[C@@H](O)C1. The van der Waals surface area contributed by atoms with Gasteiger partial charge < -0.3 is 24.9 Å². The largest absolute Gasteiger partial charge is 0.437 e. The van der Waals surface area contributed by atoms with Gasteiger partial charge in [-0.05, 0) is 6.82 Å². The average molecular weight is 226 g/mol. The number of nitrogens with zero attached hydrogens (tertiary/aromatic N) is 2. The van der Waals surface area contributed by atoms with Gasteiger partial charge in [0.2, 0.25) is 7.85 Å². The lowest BCUT2D eigenvalue weighted by molar-refractivity contribution is -0.0150. The smallest absolute Gasteiger partial charge is 0.376 e. The second kappa shape index (κ2) is 5.67. The Morgan fingerprint density at radius 1 is 1.31 bits per heavy atom. The van der Waals surface area contributed by atoms with Crippen molar-refractivity contribution < 1.29 is 20.0 Å². The maximum Gasteiger partial charge on any atom is 0.376 e. The van der Waals surface area contributed by atoms with Crippen LogP contribution in [0.15, 0.2) is 0 Å². The Kier molecular flexibility index (Phi) is 4.79. The molecule has 0 bridgehead atoms. The summed E-state index contributed by atoms with van der Waals surface area (Å²) in [5, 5.41) is 28.6. The second-order valence-corrected chi connectivity index (χ2v) is 4.05. The van der Waals surface area contributed by atoms with E-state index in [-0.39, 0.29) is 13.1 Å². The van der Waals surface area contributed by atoms with Crippen molar-refractivity contribution in [2.24, 2.45) is 0 Å². The molecule has 0 aromatic heterocycles. The third-order valence-electron chi connectivity index (χ3n) is 2.77. The fourth-order valence-electron chi connectivity index (χ4n) is 1.68. The van der Waals surface area contributed by atoms with Crippen LogP contribution in [0, 0.1) is 0 Å². The van der Waals surface area contributed by atoms with E-state index in [2.05, 4.69) is 0 Å². The van der Waals surface area contributed by atoms with Crippen molar-refractivity contribution in [3.63, 3.8) is 0 Å². The Morgan fingerprint density at radius 2 is 1.88 bits per heavy atom. The molecule has 0 aliphatic carbocycles. The zero-order valence-electron chi connectivity index (χ0n) is 9.28. The molecule has 1 aliphatic heterocycles. The highest BCUT2D eigenvalue weighted by Gasteiger charge is 2.29. The van der Waals surface area contributed by atoms with Crippen molar-refractivity contribution >= 4 is 20.7 Å². The van der Waals surface area contributed by atoms with Crippen LogP contribution in [0.5, 0.6) is 0 Å². The lowest BCUT2D eigenvalue weighted by Gasteiger charge is -2.36. The second-order valence-electron chi connectivity index (χ2n) is 4.05. The van der Waals surface area contributed by atoms with Crippen LogP contribution < -0.4 is 0 Å². The van der Waals surface area contributed by atoms with Crippen molar-refractivity contribution in [2.75, 3.05) is 26.2 Å². The molecule has 0 aromatic rings. The fourth-order valence-corrected chi connectivity index (χ4v) is 1.68. The molecule has 8 heteroatoms. The van der Waals surface area contributed by atoms with E-state index in [9.17, 15) is 20.0 Å². The lowest BCUT2D eigenvalue weighted by atomic mass is 9.84. The summed E-state index contributed by atoms with van der Waals surface area (Å²) in [5.74, 6) is -0.640. The first-order chi connectivity index (χ1) is 7.41. The summed E-state index contributed by atoms with van der Waals surface area (Å²) < 4.78 is 0. The molecular formula is C8H16B2N2O4. The van der Waals surface area contributed by atoms with Crippen LogP contribution in [-0.4, -0.2) is 84.0 Å². The Labute approximate surface area is 96.4 Å². The van der Waals surface area contributed by atoms with Gasteiger partial charge in [0.1, 0.15) is 0 Å². The third-order valence-corrected chi connectivity index (χ3v) is 2.77. The number of carbonyl (C=O) groups is 1. The molecule has 0 saturated carbocycles. The van der Waals surface area contributed by atoms with Crippen LogP contribution in [0.4, 0.5) is 4.79 Å². The molecule has 0 aromatic carbocycles. The van der Waals surface area contributed by atoms with Gasteiger partial charge in [0.05, 0.1) is 12.2 Å². The Hall–Kier alpha value is -0.560. The van der Waals surface area contributed by atoms with Gasteiger partial charge in [-0.3, -0.25) is 4.79 Å². The molecular weight excluding hydrogens is 210 g/mol. The fraction of sp³-hybridized carbons (Fsp3) is 0.875. The summed E-state index contributed by atoms with van der Waals surface area (Å²) in [6, 6.07) is 0. The molecule has 1 amide bonds. The van der Waals surface area contributed by atoms with Gasteiger partial charge in [-0.25, -0.2) is 0 Å². The number of aliphatic hydroxyl groups excluding tert-OH is 2. The molecule has 16 heavy (non-hydrogen) atoms. The van der Waals surface area contributed by atoms with Gasteiger partial charge in [-0.15, -0.1) is 0 Å².